The van der Waals surface area contributed by atoms with Gasteiger partial charge in [-0.1, -0.05) is 11.6 Å². The van der Waals surface area contributed by atoms with Crippen molar-refractivity contribution < 1.29 is 4.79 Å². The Labute approximate surface area is 93.5 Å². The second-order valence-electron chi connectivity index (χ2n) is 3.61. The number of likely N-dealkylation sites (N-methyl/N-ethyl adjacent to an activating group) is 1. The van der Waals surface area contributed by atoms with Gasteiger partial charge in [-0.3, -0.25) is 0 Å². The first-order valence-corrected chi connectivity index (χ1v) is 5.15. The van der Waals surface area contributed by atoms with E-state index in [1.165, 1.54) is 0 Å². The van der Waals surface area contributed by atoms with Crippen LogP contribution in [0.1, 0.15) is 5.56 Å². The molecule has 5 heteroatoms. The van der Waals surface area contributed by atoms with Crippen molar-refractivity contribution in [2.75, 3.05) is 20.1 Å². The summed E-state index contributed by atoms with van der Waals surface area (Å²) in [4.78, 5) is 19.0. The Morgan fingerprint density at radius 1 is 1.53 bits per heavy atom. The molecule has 1 aromatic heterocycles. The number of rotatable bonds is 2. The van der Waals surface area contributed by atoms with Gasteiger partial charge >= 0.3 is 6.03 Å². The summed E-state index contributed by atoms with van der Waals surface area (Å²) in [5.41, 5.74) is 1.01. The van der Waals surface area contributed by atoms with Gasteiger partial charge in [-0.25, -0.2) is 9.78 Å². The molecule has 0 saturated carbocycles. The molecule has 80 valence electrons. The van der Waals surface area contributed by atoms with Gasteiger partial charge in [0, 0.05) is 32.9 Å². The van der Waals surface area contributed by atoms with Crippen molar-refractivity contribution in [3.63, 3.8) is 0 Å². The summed E-state index contributed by atoms with van der Waals surface area (Å²) >= 11 is 5.77. The Morgan fingerprint density at radius 3 is 2.93 bits per heavy atom. The van der Waals surface area contributed by atoms with Crippen molar-refractivity contribution in [3.8, 4) is 0 Å². The Bertz CT molecular complexity index is 383. The van der Waals surface area contributed by atoms with E-state index in [0.717, 1.165) is 18.7 Å². The van der Waals surface area contributed by atoms with E-state index in [4.69, 9.17) is 11.6 Å². The van der Waals surface area contributed by atoms with Crippen LogP contribution in [-0.2, 0) is 6.54 Å². The fraction of sp³-hybridized carbons (Fsp3) is 0.400. The van der Waals surface area contributed by atoms with Crippen LogP contribution < -0.4 is 0 Å². The molecule has 0 bridgehead atoms. The third-order valence-electron chi connectivity index (χ3n) is 2.47. The number of pyridine rings is 1. The van der Waals surface area contributed by atoms with E-state index >= 15 is 0 Å². The lowest BCUT2D eigenvalue weighted by Gasteiger charge is -2.15. The maximum atomic E-state index is 11.6. The summed E-state index contributed by atoms with van der Waals surface area (Å²) in [5, 5.41) is 0.465. The molecule has 1 aliphatic rings. The molecule has 0 N–H and O–H groups in total. The van der Waals surface area contributed by atoms with Gasteiger partial charge in [0.25, 0.3) is 0 Å². The largest absolute Gasteiger partial charge is 0.326 e. The summed E-state index contributed by atoms with van der Waals surface area (Å²) in [6, 6.07) is 3.73. The first kappa shape index (κ1) is 10.2. The van der Waals surface area contributed by atoms with Gasteiger partial charge in [-0.05, 0) is 17.7 Å². The van der Waals surface area contributed by atoms with E-state index in [0.29, 0.717) is 11.7 Å². The molecule has 1 fully saturated rings. The summed E-state index contributed by atoms with van der Waals surface area (Å²) in [6.07, 6.45) is 1.65. The number of carbonyl (C=O) groups is 1. The van der Waals surface area contributed by atoms with Gasteiger partial charge in [0.05, 0.1) is 0 Å². The average molecular weight is 226 g/mol. The molecule has 0 spiro atoms. The Balaban J connectivity index is 2.06. The number of nitrogens with zero attached hydrogens (tertiary/aromatic N) is 3. The van der Waals surface area contributed by atoms with Crippen molar-refractivity contribution in [2.45, 2.75) is 6.54 Å². The van der Waals surface area contributed by atoms with Gasteiger partial charge in [-0.2, -0.15) is 0 Å². The average Bonchev–Trinajstić information content (AvgIpc) is 2.50. The third kappa shape index (κ3) is 2.21. The Morgan fingerprint density at radius 2 is 2.33 bits per heavy atom. The third-order valence-corrected chi connectivity index (χ3v) is 2.67. The number of carbonyl (C=O) groups excluding carboxylic acids is 1. The summed E-state index contributed by atoms with van der Waals surface area (Å²) in [5.74, 6) is 0. The van der Waals surface area contributed by atoms with E-state index in [1.807, 2.05) is 13.1 Å². The molecule has 15 heavy (non-hydrogen) atoms. The minimum absolute atomic E-state index is 0.0722. The molecular formula is C10H12ClN3O. The summed E-state index contributed by atoms with van der Waals surface area (Å²) in [6.45, 7) is 2.17. The van der Waals surface area contributed by atoms with Crippen molar-refractivity contribution in [2.24, 2.45) is 0 Å². The molecule has 2 heterocycles. The molecule has 2 amide bonds. The van der Waals surface area contributed by atoms with Crippen molar-refractivity contribution in [1.82, 2.24) is 14.8 Å². The number of hydrogen-bond acceptors (Lipinski definition) is 2. The molecule has 0 unspecified atom stereocenters. The molecule has 1 aliphatic heterocycles. The van der Waals surface area contributed by atoms with Gasteiger partial charge < -0.3 is 9.80 Å². The molecule has 0 aliphatic carbocycles. The fourth-order valence-corrected chi connectivity index (χ4v) is 1.81. The lowest BCUT2D eigenvalue weighted by molar-refractivity contribution is 0.197. The highest BCUT2D eigenvalue weighted by molar-refractivity contribution is 6.29. The van der Waals surface area contributed by atoms with E-state index < -0.39 is 0 Å². The highest BCUT2D eigenvalue weighted by Crippen LogP contribution is 2.13. The molecule has 2 rings (SSSR count). The number of amides is 2. The molecule has 1 saturated heterocycles. The maximum Gasteiger partial charge on any atom is 0.320 e. The summed E-state index contributed by atoms with van der Waals surface area (Å²) in [7, 11) is 1.81. The van der Waals surface area contributed by atoms with Gasteiger partial charge in [0.15, 0.2) is 0 Å². The Kier molecular flexibility index (Phi) is 2.77. The first-order chi connectivity index (χ1) is 7.16. The topological polar surface area (TPSA) is 36.4 Å². The zero-order chi connectivity index (χ0) is 10.8. The van der Waals surface area contributed by atoms with Crippen molar-refractivity contribution in [1.29, 1.82) is 0 Å². The highest BCUT2D eigenvalue weighted by Gasteiger charge is 2.24. The zero-order valence-electron chi connectivity index (χ0n) is 8.48. The van der Waals surface area contributed by atoms with Crippen LogP contribution in [0, 0.1) is 0 Å². The van der Waals surface area contributed by atoms with Crippen LogP contribution in [0.15, 0.2) is 18.3 Å². The Hall–Kier alpha value is -1.29. The van der Waals surface area contributed by atoms with Crippen LogP contribution in [0.2, 0.25) is 5.15 Å². The molecule has 0 atom stereocenters. The number of aromatic nitrogens is 1. The van der Waals surface area contributed by atoms with Crippen LogP contribution in [0.3, 0.4) is 0 Å². The van der Waals surface area contributed by atoms with Gasteiger partial charge in [-0.15, -0.1) is 0 Å². The van der Waals surface area contributed by atoms with Crippen LogP contribution in [0.5, 0.6) is 0 Å². The van der Waals surface area contributed by atoms with Crippen molar-refractivity contribution in [3.05, 3.63) is 29.0 Å². The smallest absolute Gasteiger partial charge is 0.320 e. The monoisotopic (exact) mass is 225 g/mol. The zero-order valence-corrected chi connectivity index (χ0v) is 9.24. The normalized spacial score (nSPS) is 16.3. The SMILES string of the molecule is CN1CCN(Cc2ccnc(Cl)c2)C1=O. The lowest BCUT2D eigenvalue weighted by Crippen LogP contribution is -2.28. The quantitative estimate of drug-likeness (QED) is 0.717. The molecule has 0 aromatic carbocycles. The van der Waals surface area contributed by atoms with E-state index in [1.54, 1.807) is 22.1 Å². The number of halogens is 1. The standard InChI is InChI=1S/C10H12ClN3O/c1-13-4-5-14(10(13)15)7-8-2-3-12-9(11)6-8/h2-3,6H,4-5,7H2,1H3. The predicted molar refractivity (Wildman–Crippen MR) is 57.7 cm³/mol. The van der Waals surface area contributed by atoms with Gasteiger partial charge in [0.2, 0.25) is 0 Å². The first-order valence-electron chi connectivity index (χ1n) is 4.77. The van der Waals surface area contributed by atoms with Crippen LogP contribution >= 0.6 is 11.6 Å². The molecule has 1 aromatic rings. The summed E-state index contributed by atoms with van der Waals surface area (Å²) < 4.78 is 0. The van der Waals surface area contributed by atoms with E-state index in [2.05, 4.69) is 4.98 Å². The fourth-order valence-electron chi connectivity index (χ4n) is 1.61. The number of hydrogen-bond donors (Lipinski definition) is 0. The molecule has 0 radical (unpaired) electrons. The van der Waals surface area contributed by atoms with E-state index in [9.17, 15) is 4.79 Å². The second-order valence-corrected chi connectivity index (χ2v) is 4.00. The minimum atomic E-state index is 0.0722. The van der Waals surface area contributed by atoms with Crippen LogP contribution in [-0.4, -0.2) is 41.0 Å². The van der Waals surface area contributed by atoms with Gasteiger partial charge in [0.1, 0.15) is 5.15 Å². The van der Waals surface area contributed by atoms with E-state index in [-0.39, 0.29) is 6.03 Å². The molecule has 4 nitrogen and oxygen atoms in total. The van der Waals surface area contributed by atoms with Crippen molar-refractivity contribution >= 4 is 17.6 Å². The number of urea groups is 1. The lowest BCUT2D eigenvalue weighted by atomic mass is 10.2. The minimum Gasteiger partial charge on any atom is -0.326 e. The van der Waals surface area contributed by atoms with Crippen LogP contribution in [0.25, 0.3) is 0 Å². The second kappa shape index (κ2) is 4.06. The maximum absolute atomic E-state index is 11.6. The molecular weight excluding hydrogens is 214 g/mol. The van der Waals surface area contributed by atoms with Crippen LogP contribution in [0.4, 0.5) is 4.79 Å². The highest BCUT2D eigenvalue weighted by atomic mass is 35.5. The predicted octanol–water partition coefficient (Wildman–Crippen LogP) is 1.60.